The van der Waals surface area contributed by atoms with Gasteiger partial charge in [-0.15, -0.1) is 11.8 Å². The molecule has 17 heavy (non-hydrogen) atoms. The molecule has 0 aliphatic carbocycles. The zero-order chi connectivity index (χ0) is 12.3. The number of halogens is 2. The second-order valence-corrected chi connectivity index (χ2v) is 6.19. The maximum Gasteiger partial charge on any atom is 0.0546 e. The van der Waals surface area contributed by atoms with Gasteiger partial charge in [-0.2, -0.15) is 0 Å². The van der Waals surface area contributed by atoms with Crippen molar-refractivity contribution < 1.29 is 0 Å². The third kappa shape index (κ3) is 3.11. The van der Waals surface area contributed by atoms with E-state index in [0.29, 0.717) is 6.04 Å². The molecule has 2 rings (SSSR count). The summed E-state index contributed by atoms with van der Waals surface area (Å²) in [6.45, 7) is 3.20. The Morgan fingerprint density at radius 3 is 2.88 bits per heavy atom. The normalized spacial score (nSPS) is 19.8. The minimum absolute atomic E-state index is 0.353. The summed E-state index contributed by atoms with van der Waals surface area (Å²) in [4.78, 5) is 1.17. The summed E-state index contributed by atoms with van der Waals surface area (Å²) in [5.41, 5.74) is 1.20. The first-order valence-corrected chi connectivity index (χ1v) is 7.82. The number of benzene rings is 1. The molecule has 1 heterocycles. The predicted molar refractivity (Wildman–Crippen MR) is 77.5 cm³/mol. The van der Waals surface area contributed by atoms with E-state index in [0.717, 1.165) is 35.2 Å². The maximum atomic E-state index is 6.35. The van der Waals surface area contributed by atoms with Gasteiger partial charge in [0.15, 0.2) is 0 Å². The van der Waals surface area contributed by atoms with Crippen LogP contribution in [0.4, 0.5) is 0 Å². The van der Waals surface area contributed by atoms with Gasteiger partial charge in [0.1, 0.15) is 0 Å². The molecule has 1 aliphatic rings. The lowest BCUT2D eigenvalue weighted by Gasteiger charge is -2.20. The van der Waals surface area contributed by atoms with Crippen molar-refractivity contribution in [2.45, 2.75) is 37.1 Å². The van der Waals surface area contributed by atoms with Gasteiger partial charge in [0.05, 0.1) is 5.02 Å². The molecule has 1 N–H and O–H groups in total. The van der Waals surface area contributed by atoms with Crippen molar-refractivity contribution >= 4 is 35.0 Å². The molecule has 94 valence electrons. The smallest absolute Gasteiger partial charge is 0.0546 e. The molecular weight excluding hydrogens is 273 g/mol. The van der Waals surface area contributed by atoms with Crippen LogP contribution in [0.3, 0.4) is 0 Å². The highest BCUT2D eigenvalue weighted by atomic mass is 35.5. The summed E-state index contributed by atoms with van der Waals surface area (Å²) in [7, 11) is 0. The zero-order valence-corrected chi connectivity index (χ0v) is 12.3. The highest BCUT2D eigenvalue weighted by molar-refractivity contribution is 7.99. The summed E-state index contributed by atoms with van der Waals surface area (Å²) in [5, 5.41) is 5.25. The Balaban J connectivity index is 2.36. The van der Waals surface area contributed by atoms with Gasteiger partial charge in [-0.25, -0.2) is 0 Å². The Hall–Kier alpha value is 0.110. The number of thioether (sulfide) groups is 1. The van der Waals surface area contributed by atoms with Gasteiger partial charge in [-0.05, 0) is 43.7 Å². The summed E-state index contributed by atoms with van der Waals surface area (Å²) < 4.78 is 0. The van der Waals surface area contributed by atoms with E-state index in [1.807, 2.05) is 23.9 Å². The van der Waals surface area contributed by atoms with Crippen molar-refractivity contribution in [3.8, 4) is 0 Å². The van der Waals surface area contributed by atoms with Crippen LogP contribution in [0.2, 0.25) is 10.0 Å². The molecule has 0 fully saturated rings. The minimum atomic E-state index is 0.353. The van der Waals surface area contributed by atoms with E-state index in [2.05, 4.69) is 12.2 Å². The molecule has 1 aromatic rings. The number of hydrogen-bond donors (Lipinski definition) is 1. The SMILES string of the molecule is CCCNC1CCCSc2c(Cl)ccc(Cl)c21. The quantitative estimate of drug-likeness (QED) is 0.848. The third-order valence-electron chi connectivity index (χ3n) is 2.97. The van der Waals surface area contributed by atoms with Gasteiger partial charge in [0.25, 0.3) is 0 Å². The first-order valence-electron chi connectivity index (χ1n) is 6.08. The van der Waals surface area contributed by atoms with Gasteiger partial charge in [0.2, 0.25) is 0 Å². The van der Waals surface area contributed by atoms with Crippen LogP contribution < -0.4 is 5.32 Å². The van der Waals surface area contributed by atoms with Crippen LogP contribution in [-0.2, 0) is 0 Å². The van der Waals surface area contributed by atoms with Crippen molar-refractivity contribution in [2.24, 2.45) is 0 Å². The molecule has 1 aromatic carbocycles. The van der Waals surface area contributed by atoms with E-state index < -0.39 is 0 Å². The molecular formula is C13H17Cl2NS. The molecule has 0 radical (unpaired) electrons. The number of rotatable bonds is 3. The van der Waals surface area contributed by atoms with Crippen LogP contribution in [-0.4, -0.2) is 12.3 Å². The molecule has 0 saturated heterocycles. The van der Waals surface area contributed by atoms with Crippen molar-refractivity contribution in [3.05, 3.63) is 27.7 Å². The molecule has 1 atom stereocenters. The fraction of sp³-hybridized carbons (Fsp3) is 0.538. The number of fused-ring (bicyclic) bond motifs is 1. The zero-order valence-electron chi connectivity index (χ0n) is 9.93. The standard InChI is InChI=1S/C13H17Cl2NS/c1-2-7-16-11-4-3-8-17-13-10(15)6-5-9(14)12(11)13/h5-6,11,16H,2-4,7-8H2,1H3. The first-order chi connectivity index (χ1) is 8.24. The van der Waals surface area contributed by atoms with E-state index in [4.69, 9.17) is 23.2 Å². The second-order valence-electron chi connectivity index (χ2n) is 4.27. The Labute approximate surface area is 117 Å². The number of hydrogen-bond acceptors (Lipinski definition) is 2. The third-order valence-corrected chi connectivity index (χ3v) is 4.95. The second kappa shape index (κ2) is 6.33. The maximum absolute atomic E-state index is 6.35. The van der Waals surface area contributed by atoms with E-state index in [9.17, 15) is 0 Å². The Kier molecular flexibility index (Phi) is 5.04. The van der Waals surface area contributed by atoms with Crippen molar-refractivity contribution in [1.29, 1.82) is 0 Å². The molecule has 0 bridgehead atoms. The van der Waals surface area contributed by atoms with E-state index in [-0.39, 0.29) is 0 Å². The molecule has 0 spiro atoms. The molecule has 1 aliphatic heterocycles. The van der Waals surface area contributed by atoms with E-state index in [1.165, 1.54) is 16.9 Å². The summed E-state index contributed by atoms with van der Waals surface area (Å²) in [6.07, 6.45) is 3.48. The lowest BCUT2D eigenvalue weighted by Crippen LogP contribution is -2.22. The van der Waals surface area contributed by atoms with Gasteiger partial charge >= 0.3 is 0 Å². The highest BCUT2D eigenvalue weighted by Gasteiger charge is 2.23. The monoisotopic (exact) mass is 289 g/mol. The van der Waals surface area contributed by atoms with Crippen molar-refractivity contribution in [2.75, 3.05) is 12.3 Å². The fourth-order valence-corrected chi connectivity index (χ4v) is 3.95. The summed E-state index contributed by atoms with van der Waals surface area (Å²) in [6, 6.07) is 4.17. The van der Waals surface area contributed by atoms with Crippen molar-refractivity contribution in [3.63, 3.8) is 0 Å². The Bertz CT molecular complexity index is 395. The van der Waals surface area contributed by atoms with Crippen LogP contribution >= 0.6 is 35.0 Å². The average Bonchev–Trinajstić information content (AvgIpc) is 2.54. The number of nitrogens with one attached hydrogen (secondary N) is 1. The van der Waals surface area contributed by atoms with Crippen LogP contribution in [0.5, 0.6) is 0 Å². The van der Waals surface area contributed by atoms with Gasteiger partial charge in [0, 0.05) is 21.5 Å². The van der Waals surface area contributed by atoms with Crippen molar-refractivity contribution in [1.82, 2.24) is 5.32 Å². The molecule has 1 nitrogen and oxygen atoms in total. The van der Waals surface area contributed by atoms with Gasteiger partial charge < -0.3 is 5.32 Å². The molecule has 0 saturated carbocycles. The first kappa shape index (κ1) is 13.5. The summed E-state index contributed by atoms with van der Waals surface area (Å²) in [5.74, 6) is 1.12. The largest absolute Gasteiger partial charge is 0.310 e. The van der Waals surface area contributed by atoms with Crippen LogP contribution in [0.15, 0.2) is 17.0 Å². The highest BCUT2D eigenvalue weighted by Crippen LogP contribution is 2.42. The Morgan fingerprint density at radius 1 is 1.35 bits per heavy atom. The Morgan fingerprint density at radius 2 is 2.12 bits per heavy atom. The van der Waals surface area contributed by atoms with E-state index in [1.54, 1.807) is 0 Å². The fourth-order valence-electron chi connectivity index (χ4n) is 2.15. The minimum Gasteiger partial charge on any atom is -0.310 e. The van der Waals surface area contributed by atoms with Crippen LogP contribution in [0, 0.1) is 0 Å². The van der Waals surface area contributed by atoms with E-state index >= 15 is 0 Å². The molecule has 4 heteroatoms. The van der Waals surface area contributed by atoms with Crippen LogP contribution in [0.1, 0.15) is 37.8 Å². The lowest BCUT2D eigenvalue weighted by molar-refractivity contribution is 0.493. The molecule has 0 aromatic heterocycles. The average molecular weight is 290 g/mol. The molecule has 1 unspecified atom stereocenters. The van der Waals surface area contributed by atoms with Gasteiger partial charge in [-0.1, -0.05) is 30.1 Å². The summed E-state index contributed by atoms with van der Waals surface area (Å²) >= 11 is 14.5. The molecule has 0 amide bonds. The van der Waals surface area contributed by atoms with Crippen LogP contribution in [0.25, 0.3) is 0 Å². The predicted octanol–water partition coefficient (Wildman–Crippen LogP) is 4.92. The van der Waals surface area contributed by atoms with Gasteiger partial charge in [-0.3, -0.25) is 0 Å². The topological polar surface area (TPSA) is 12.0 Å². The lowest BCUT2D eigenvalue weighted by atomic mass is 10.0.